The van der Waals surface area contributed by atoms with Gasteiger partial charge >= 0.3 is 0 Å². The van der Waals surface area contributed by atoms with Crippen LogP contribution in [0, 0.1) is 0 Å². The highest BCUT2D eigenvalue weighted by molar-refractivity contribution is 5.45. The summed E-state index contributed by atoms with van der Waals surface area (Å²) < 4.78 is 3.35. The summed E-state index contributed by atoms with van der Waals surface area (Å²) in [6.45, 7) is 1.33. The average Bonchev–Trinajstić information content (AvgIpc) is 3.11. The molecule has 3 aromatic rings. The quantitative estimate of drug-likeness (QED) is 0.668. The zero-order valence-corrected chi connectivity index (χ0v) is 10.6. The van der Waals surface area contributed by atoms with Gasteiger partial charge < -0.3 is 11.1 Å². The number of hydrogen-bond donors (Lipinski definition) is 2. The van der Waals surface area contributed by atoms with Crippen LogP contribution in [0.15, 0.2) is 36.9 Å². The van der Waals surface area contributed by atoms with Crippen molar-refractivity contribution in [2.75, 3.05) is 17.6 Å². The number of nitrogens with one attached hydrogen (secondary N) is 1. The highest BCUT2D eigenvalue weighted by Crippen LogP contribution is 2.11. The molecule has 9 heteroatoms. The van der Waals surface area contributed by atoms with Crippen LogP contribution in [0.4, 0.5) is 11.8 Å². The summed E-state index contributed by atoms with van der Waals surface area (Å²) in [7, 11) is 0. The van der Waals surface area contributed by atoms with E-state index in [1.165, 1.54) is 0 Å². The molecule has 0 aromatic carbocycles. The van der Waals surface area contributed by atoms with E-state index in [9.17, 15) is 0 Å². The number of anilines is 2. The third-order valence-electron chi connectivity index (χ3n) is 2.59. The fourth-order valence-electron chi connectivity index (χ4n) is 1.72. The van der Waals surface area contributed by atoms with Crippen molar-refractivity contribution in [2.24, 2.45) is 0 Å². The number of rotatable bonds is 5. The molecule has 3 N–H and O–H groups in total. The van der Waals surface area contributed by atoms with Gasteiger partial charge in [-0.3, -0.25) is 4.68 Å². The summed E-state index contributed by atoms with van der Waals surface area (Å²) in [6.07, 6.45) is 6.90. The highest BCUT2D eigenvalue weighted by atomic mass is 15.4. The van der Waals surface area contributed by atoms with Crippen molar-refractivity contribution in [3.05, 3.63) is 36.9 Å². The number of nitrogen functional groups attached to an aromatic ring is 1. The maximum Gasteiger partial charge on any atom is 0.224 e. The van der Waals surface area contributed by atoms with Crippen molar-refractivity contribution in [2.45, 2.75) is 6.54 Å². The minimum atomic E-state index is 0.196. The number of hydrogen-bond acceptors (Lipinski definition) is 7. The van der Waals surface area contributed by atoms with Gasteiger partial charge in [0.05, 0.1) is 12.7 Å². The Bertz CT molecular complexity index is 659. The van der Waals surface area contributed by atoms with Gasteiger partial charge in [0, 0.05) is 31.2 Å². The van der Waals surface area contributed by atoms with Crippen LogP contribution >= 0.6 is 0 Å². The number of nitrogens with zero attached hydrogens (tertiary/aromatic N) is 7. The van der Waals surface area contributed by atoms with Crippen LogP contribution in [-0.4, -0.2) is 41.3 Å². The topological polar surface area (TPSA) is 112 Å². The van der Waals surface area contributed by atoms with Gasteiger partial charge in [-0.15, -0.1) is 5.10 Å². The second kappa shape index (κ2) is 5.34. The van der Waals surface area contributed by atoms with Crippen LogP contribution in [0.1, 0.15) is 0 Å². The molecule has 0 radical (unpaired) electrons. The summed E-state index contributed by atoms with van der Waals surface area (Å²) in [6, 6.07) is 3.60. The van der Waals surface area contributed by atoms with Crippen molar-refractivity contribution < 1.29 is 0 Å². The van der Waals surface area contributed by atoms with E-state index in [4.69, 9.17) is 5.73 Å². The lowest BCUT2D eigenvalue weighted by molar-refractivity contribution is 0.608. The van der Waals surface area contributed by atoms with Crippen LogP contribution in [0.5, 0.6) is 0 Å². The normalized spacial score (nSPS) is 10.6. The van der Waals surface area contributed by atoms with Gasteiger partial charge in [0.15, 0.2) is 5.82 Å². The smallest absolute Gasteiger partial charge is 0.224 e. The lowest BCUT2D eigenvalue weighted by atomic mass is 10.5. The Balaban J connectivity index is 1.70. The minimum absolute atomic E-state index is 0.196. The summed E-state index contributed by atoms with van der Waals surface area (Å²) in [5, 5.41) is 14.9. The van der Waals surface area contributed by atoms with Crippen LogP contribution in [0.3, 0.4) is 0 Å². The fourth-order valence-corrected chi connectivity index (χ4v) is 1.72. The van der Waals surface area contributed by atoms with Crippen LogP contribution in [0.2, 0.25) is 0 Å². The maximum absolute atomic E-state index is 5.70. The van der Waals surface area contributed by atoms with E-state index in [0.29, 0.717) is 24.7 Å². The Morgan fingerprint density at radius 1 is 1.20 bits per heavy atom. The lowest BCUT2D eigenvalue weighted by Gasteiger charge is -2.08. The molecular formula is C11H13N9. The first-order chi connectivity index (χ1) is 9.81. The van der Waals surface area contributed by atoms with E-state index >= 15 is 0 Å². The van der Waals surface area contributed by atoms with E-state index in [1.54, 1.807) is 40.2 Å². The first-order valence-corrected chi connectivity index (χ1v) is 6.04. The molecule has 0 unspecified atom stereocenters. The average molecular weight is 271 g/mol. The molecule has 3 rings (SSSR count). The summed E-state index contributed by atoms with van der Waals surface area (Å²) in [4.78, 5) is 8.27. The van der Waals surface area contributed by atoms with E-state index in [-0.39, 0.29) is 5.95 Å². The molecule has 102 valence electrons. The molecule has 20 heavy (non-hydrogen) atoms. The van der Waals surface area contributed by atoms with Crippen molar-refractivity contribution in [3.8, 4) is 5.82 Å². The van der Waals surface area contributed by atoms with Crippen LogP contribution < -0.4 is 11.1 Å². The Labute approximate surface area is 114 Å². The Hall–Kier alpha value is -2.97. The molecule has 0 spiro atoms. The largest absolute Gasteiger partial charge is 0.368 e. The van der Waals surface area contributed by atoms with Crippen molar-refractivity contribution in [1.29, 1.82) is 0 Å². The molecule has 0 aliphatic heterocycles. The molecule has 0 fully saturated rings. The van der Waals surface area contributed by atoms with E-state index in [0.717, 1.165) is 0 Å². The second-order valence-electron chi connectivity index (χ2n) is 4.01. The van der Waals surface area contributed by atoms with Gasteiger partial charge in [-0.1, -0.05) is 5.21 Å². The third-order valence-corrected chi connectivity index (χ3v) is 2.59. The third kappa shape index (κ3) is 2.71. The highest BCUT2D eigenvalue weighted by Gasteiger charge is 2.04. The fraction of sp³-hybridized carbons (Fsp3) is 0.182. The predicted octanol–water partition coefficient (Wildman–Crippen LogP) is -0.0519. The molecular weight excluding hydrogens is 258 g/mol. The predicted molar refractivity (Wildman–Crippen MR) is 72.1 cm³/mol. The molecule has 3 heterocycles. The first kappa shape index (κ1) is 12.1. The second-order valence-corrected chi connectivity index (χ2v) is 4.01. The van der Waals surface area contributed by atoms with E-state index < -0.39 is 0 Å². The summed E-state index contributed by atoms with van der Waals surface area (Å²) >= 11 is 0. The van der Waals surface area contributed by atoms with Gasteiger partial charge in [-0.05, 0) is 6.07 Å². The standard InChI is InChI=1S/C11H13N9/c12-11-16-9(13-3-6-19-7-4-14-18-19)8-10(17-11)20-5-1-2-15-20/h1-2,4-5,7-8H,3,6H2,(H3,12,13,16,17). The molecule has 0 amide bonds. The molecule has 0 atom stereocenters. The SMILES string of the molecule is Nc1nc(NCCn2ccnn2)cc(-n2cccn2)n1. The first-order valence-electron chi connectivity index (χ1n) is 6.04. The van der Waals surface area contributed by atoms with Gasteiger partial charge in [-0.25, -0.2) is 4.68 Å². The molecule has 9 nitrogen and oxygen atoms in total. The zero-order chi connectivity index (χ0) is 13.8. The van der Waals surface area contributed by atoms with Crippen LogP contribution in [-0.2, 0) is 6.54 Å². The van der Waals surface area contributed by atoms with Crippen molar-refractivity contribution in [1.82, 2.24) is 34.7 Å². The Kier molecular flexibility index (Phi) is 3.23. The molecule has 0 bridgehead atoms. The van der Waals surface area contributed by atoms with Gasteiger partial charge in [-0.2, -0.15) is 15.1 Å². The van der Waals surface area contributed by atoms with Crippen LogP contribution in [0.25, 0.3) is 5.82 Å². The van der Waals surface area contributed by atoms with Gasteiger partial charge in [0.2, 0.25) is 5.95 Å². The monoisotopic (exact) mass is 271 g/mol. The minimum Gasteiger partial charge on any atom is -0.368 e. The molecule has 0 aliphatic rings. The number of aromatic nitrogens is 7. The molecule has 0 saturated carbocycles. The van der Waals surface area contributed by atoms with E-state index in [2.05, 4.69) is 30.7 Å². The summed E-state index contributed by atoms with van der Waals surface area (Å²) in [5.41, 5.74) is 5.70. The van der Waals surface area contributed by atoms with Crippen molar-refractivity contribution in [3.63, 3.8) is 0 Å². The molecule has 3 aromatic heterocycles. The molecule has 0 aliphatic carbocycles. The van der Waals surface area contributed by atoms with E-state index in [1.807, 2.05) is 6.07 Å². The van der Waals surface area contributed by atoms with Gasteiger partial charge in [0.1, 0.15) is 5.82 Å². The zero-order valence-electron chi connectivity index (χ0n) is 10.6. The molecule has 0 saturated heterocycles. The van der Waals surface area contributed by atoms with Crippen molar-refractivity contribution >= 4 is 11.8 Å². The Morgan fingerprint density at radius 2 is 2.15 bits per heavy atom. The Morgan fingerprint density at radius 3 is 2.90 bits per heavy atom. The number of nitrogens with two attached hydrogens (primary N) is 1. The lowest BCUT2D eigenvalue weighted by Crippen LogP contribution is -2.13. The van der Waals surface area contributed by atoms with Gasteiger partial charge in [0.25, 0.3) is 0 Å². The maximum atomic E-state index is 5.70. The summed E-state index contributed by atoms with van der Waals surface area (Å²) in [5.74, 6) is 1.45.